The fraction of sp³-hybridized carbons (Fsp3) is 0.444. The van der Waals surface area contributed by atoms with Crippen LogP contribution in [0.1, 0.15) is 22.8 Å². The van der Waals surface area contributed by atoms with Gasteiger partial charge >= 0.3 is 0 Å². The summed E-state index contributed by atoms with van der Waals surface area (Å²) in [7, 11) is 0.929. The molecule has 0 aliphatic heterocycles. The highest BCUT2D eigenvalue weighted by molar-refractivity contribution is 7.88. The average Bonchev–Trinajstić information content (AvgIpc) is 3.18. The van der Waals surface area contributed by atoms with Crippen LogP contribution in [-0.4, -0.2) is 61.9 Å². The summed E-state index contributed by atoms with van der Waals surface area (Å²) in [5.41, 5.74) is 3.50. The quantitative estimate of drug-likeness (QED) is 0.570. The molecule has 0 spiro atoms. The maximum Gasteiger partial charge on any atom is 0.231 e. The highest BCUT2D eigenvalue weighted by atomic mass is 32.2. The average molecular weight is 391 g/mol. The number of likely N-dealkylation sites (N-methyl/N-ethyl adjacent to an activating group) is 1. The molecule has 0 fully saturated rings. The second-order valence-electron chi connectivity index (χ2n) is 6.94. The molecule has 2 N–H and O–H groups in total. The third-order valence-electron chi connectivity index (χ3n) is 4.24. The van der Waals surface area contributed by atoms with E-state index in [9.17, 15) is 8.42 Å². The van der Waals surface area contributed by atoms with E-state index in [0.29, 0.717) is 24.6 Å². The molecular weight excluding hydrogens is 366 g/mol. The topological polar surface area (TPSA) is 104 Å². The summed E-state index contributed by atoms with van der Waals surface area (Å²) in [6.07, 6.45) is 5.10. The number of aromatic amines is 1. The molecule has 0 amide bonds. The third-order valence-corrected chi connectivity index (χ3v) is 4.97. The number of hydrogen-bond donors (Lipinski definition) is 2. The van der Waals surface area contributed by atoms with E-state index in [0.717, 1.165) is 30.3 Å². The standard InChI is InChI=1S/C18H25N5O3S/c1-23(2)9-7-14-12-19-16-5-4-13(10-15(14)16)11-18-21-17(22-26-18)6-8-20-27(3,24)25/h4-5,10,12,19-20H,6-9,11H2,1-3H3. The summed E-state index contributed by atoms with van der Waals surface area (Å²) in [5.74, 6) is 1.02. The number of benzene rings is 1. The molecule has 0 radical (unpaired) electrons. The Morgan fingerprint density at radius 3 is 2.81 bits per heavy atom. The normalized spacial score (nSPS) is 12.3. The number of hydrogen-bond acceptors (Lipinski definition) is 6. The van der Waals surface area contributed by atoms with Gasteiger partial charge in [-0.05, 0) is 43.8 Å². The summed E-state index contributed by atoms with van der Waals surface area (Å²) < 4.78 is 29.9. The Labute approximate surface area is 159 Å². The molecule has 0 atom stereocenters. The second-order valence-corrected chi connectivity index (χ2v) is 8.78. The SMILES string of the molecule is CN(C)CCc1c[nH]c2ccc(Cc3nc(CCNS(C)(=O)=O)no3)cc12. The van der Waals surface area contributed by atoms with E-state index in [1.165, 1.54) is 10.9 Å². The monoisotopic (exact) mass is 391 g/mol. The molecule has 9 heteroatoms. The van der Waals surface area contributed by atoms with Gasteiger partial charge in [0, 0.05) is 36.6 Å². The lowest BCUT2D eigenvalue weighted by Crippen LogP contribution is -2.24. The number of rotatable bonds is 9. The van der Waals surface area contributed by atoms with E-state index in [4.69, 9.17) is 4.52 Å². The van der Waals surface area contributed by atoms with Crippen molar-refractivity contribution in [3.63, 3.8) is 0 Å². The van der Waals surface area contributed by atoms with Crippen molar-refractivity contribution in [2.75, 3.05) is 33.4 Å². The van der Waals surface area contributed by atoms with Crippen molar-refractivity contribution in [2.45, 2.75) is 19.3 Å². The molecule has 2 aromatic heterocycles. The number of aromatic nitrogens is 3. The Morgan fingerprint density at radius 1 is 1.26 bits per heavy atom. The van der Waals surface area contributed by atoms with Gasteiger partial charge in [-0.1, -0.05) is 11.2 Å². The number of nitrogens with zero attached hydrogens (tertiary/aromatic N) is 3. The van der Waals surface area contributed by atoms with Crippen molar-refractivity contribution in [3.8, 4) is 0 Å². The Balaban J connectivity index is 1.67. The first-order valence-electron chi connectivity index (χ1n) is 8.80. The van der Waals surface area contributed by atoms with Gasteiger partial charge in [0.2, 0.25) is 15.9 Å². The van der Waals surface area contributed by atoms with Gasteiger partial charge in [-0.2, -0.15) is 4.98 Å². The Hall–Kier alpha value is -2.23. The van der Waals surface area contributed by atoms with Crippen molar-refractivity contribution in [1.82, 2.24) is 24.7 Å². The zero-order chi connectivity index (χ0) is 19.4. The van der Waals surface area contributed by atoms with Crippen molar-refractivity contribution in [1.29, 1.82) is 0 Å². The molecule has 0 aliphatic carbocycles. The minimum atomic E-state index is -3.21. The van der Waals surface area contributed by atoms with Crippen molar-refractivity contribution in [3.05, 3.63) is 47.2 Å². The predicted molar refractivity (Wildman–Crippen MR) is 104 cm³/mol. The molecule has 0 saturated heterocycles. The van der Waals surface area contributed by atoms with Crippen LogP contribution in [0.5, 0.6) is 0 Å². The van der Waals surface area contributed by atoms with E-state index in [1.807, 2.05) is 6.07 Å². The molecule has 3 rings (SSSR count). The minimum Gasteiger partial charge on any atom is -0.361 e. The molecule has 27 heavy (non-hydrogen) atoms. The Kier molecular flexibility index (Phi) is 5.93. The molecule has 2 heterocycles. The van der Waals surface area contributed by atoms with Crippen LogP contribution in [0.4, 0.5) is 0 Å². The lowest BCUT2D eigenvalue weighted by molar-refractivity contribution is 0.379. The zero-order valence-electron chi connectivity index (χ0n) is 15.8. The summed E-state index contributed by atoms with van der Waals surface area (Å²) in [4.78, 5) is 9.83. The lowest BCUT2D eigenvalue weighted by Gasteiger charge is -2.08. The van der Waals surface area contributed by atoms with Crippen molar-refractivity contribution < 1.29 is 12.9 Å². The number of H-pyrrole nitrogens is 1. The van der Waals surface area contributed by atoms with E-state index in [1.54, 1.807) is 0 Å². The number of nitrogens with one attached hydrogen (secondary N) is 2. The number of fused-ring (bicyclic) bond motifs is 1. The molecule has 8 nitrogen and oxygen atoms in total. The zero-order valence-corrected chi connectivity index (χ0v) is 16.6. The predicted octanol–water partition coefficient (Wildman–Crippen LogP) is 1.34. The maximum absolute atomic E-state index is 11.1. The summed E-state index contributed by atoms with van der Waals surface area (Å²) in [5, 5.41) is 5.13. The van der Waals surface area contributed by atoms with E-state index >= 15 is 0 Å². The summed E-state index contributed by atoms with van der Waals surface area (Å²) in [6.45, 7) is 1.24. The molecule has 1 aromatic carbocycles. The van der Waals surface area contributed by atoms with Gasteiger partial charge in [-0.25, -0.2) is 13.1 Å². The smallest absolute Gasteiger partial charge is 0.231 e. The van der Waals surface area contributed by atoms with Gasteiger partial charge in [0.25, 0.3) is 0 Å². The first-order chi connectivity index (χ1) is 12.8. The van der Waals surface area contributed by atoms with Crippen LogP contribution in [0.15, 0.2) is 28.9 Å². The highest BCUT2D eigenvalue weighted by Crippen LogP contribution is 2.22. The largest absolute Gasteiger partial charge is 0.361 e. The van der Waals surface area contributed by atoms with Gasteiger partial charge in [-0.15, -0.1) is 0 Å². The first kappa shape index (κ1) is 19.5. The molecular formula is C18H25N5O3S. The van der Waals surface area contributed by atoms with Crippen molar-refractivity contribution >= 4 is 20.9 Å². The second kappa shape index (κ2) is 8.20. The van der Waals surface area contributed by atoms with Crippen LogP contribution >= 0.6 is 0 Å². The van der Waals surface area contributed by atoms with E-state index in [-0.39, 0.29) is 6.54 Å². The van der Waals surface area contributed by atoms with Gasteiger partial charge < -0.3 is 14.4 Å². The van der Waals surface area contributed by atoms with Gasteiger partial charge in [0.1, 0.15) is 0 Å². The van der Waals surface area contributed by atoms with Gasteiger partial charge in [0.05, 0.1) is 12.7 Å². The van der Waals surface area contributed by atoms with Crippen LogP contribution < -0.4 is 4.72 Å². The fourth-order valence-electron chi connectivity index (χ4n) is 2.87. The maximum atomic E-state index is 11.1. The van der Waals surface area contributed by atoms with Gasteiger partial charge in [-0.3, -0.25) is 0 Å². The van der Waals surface area contributed by atoms with Crippen molar-refractivity contribution in [2.24, 2.45) is 0 Å². The third kappa shape index (κ3) is 5.62. The lowest BCUT2D eigenvalue weighted by atomic mass is 10.1. The van der Waals surface area contributed by atoms with Crippen LogP contribution in [0.25, 0.3) is 10.9 Å². The molecule has 146 valence electrons. The van der Waals surface area contributed by atoms with Crippen LogP contribution in [0.2, 0.25) is 0 Å². The highest BCUT2D eigenvalue weighted by Gasteiger charge is 2.10. The van der Waals surface area contributed by atoms with Crippen LogP contribution in [-0.2, 0) is 29.3 Å². The Morgan fingerprint density at radius 2 is 2.07 bits per heavy atom. The Bertz CT molecular complexity index is 1010. The molecule has 0 aliphatic rings. The molecule has 0 saturated carbocycles. The van der Waals surface area contributed by atoms with Crippen LogP contribution in [0, 0.1) is 0 Å². The van der Waals surface area contributed by atoms with E-state index < -0.39 is 10.0 Å². The summed E-state index contributed by atoms with van der Waals surface area (Å²) in [6, 6.07) is 6.27. The van der Waals surface area contributed by atoms with Gasteiger partial charge in [0.15, 0.2) is 5.82 Å². The van der Waals surface area contributed by atoms with Crippen LogP contribution in [0.3, 0.4) is 0 Å². The number of sulfonamides is 1. The fourth-order valence-corrected chi connectivity index (χ4v) is 3.35. The summed E-state index contributed by atoms with van der Waals surface area (Å²) >= 11 is 0. The molecule has 0 bridgehead atoms. The van der Waals surface area contributed by atoms with E-state index in [2.05, 4.69) is 57.2 Å². The minimum absolute atomic E-state index is 0.252. The first-order valence-corrected chi connectivity index (χ1v) is 10.7. The molecule has 0 unspecified atom stereocenters. The molecule has 3 aromatic rings.